The van der Waals surface area contributed by atoms with Crippen LogP contribution in [0.15, 0.2) is 29.2 Å². The topological polar surface area (TPSA) is 131 Å². The number of esters is 1. The van der Waals surface area contributed by atoms with Gasteiger partial charge in [0.25, 0.3) is 10.2 Å². The van der Waals surface area contributed by atoms with Gasteiger partial charge in [-0.15, -0.1) is 20.2 Å². The van der Waals surface area contributed by atoms with E-state index in [1.54, 1.807) is 24.3 Å². The SMILES string of the molecule is COC(=O)c1ccccc1SSCC(CO[N+](=O)[O-])O[N+](=O)[O-]. The molecule has 0 amide bonds. The third-order valence-electron chi connectivity index (χ3n) is 2.30. The molecule has 0 saturated heterocycles. The van der Waals surface area contributed by atoms with E-state index in [2.05, 4.69) is 14.4 Å². The molecule has 0 bridgehead atoms. The van der Waals surface area contributed by atoms with Crippen LogP contribution >= 0.6 is 21.6 Å². The summed E-state index contributed by atoms with van der Waals surface area (Å²) in [5.41, 5.74) is 0.348. The van der Waals surface area contributed by atoms with Crippen molar-refractivity contribution in [2.75, 3.05) is 19.5 Å². The number of hydrogen-bond donors (Lipinski definition) is 0. The number of rotatable bonds is 10. The summed E-state index contributed by atoms with van der Waals surface area (Å²) in [7, 11) is 3.55. The van der Waals surface area contributed by atoms with Gasteiger partial charge in [0.2, 0.25) is 0 Å². The second-order valence-electron chi connectivity index (χ2n) is 3.83. The number of carbonyl (C=O) groups is 1. The van der Waals surface area contributed by atoms with Gasteiger partial charge in [-0.1, -0.05) is 33.7 Å². The first kappa shape index (κ1) is 18.8. The molecule has 1 aromatic carbocycles. The molecular weight excluding hydrogens is 352 g/mol. The molecule has 1 rings (SSSR count). The normalized spacial score (nSPS) is 11.3. The Kier molecular flexibility index (Phi) is 7.97. The van der Waals surface area contributed by atoms with Gasteiger partial charge in [0.15, 0.2) is 0 Å². The Hall–Kier alpha value is -2.21. The molecule has 0 fully saturated rings. The molecule has 23 heavy (non-hydrogen) atoms. The lowest BCUT2D eigenvalue weighted by Crippen LogP contribution is -2.26. The van der Waals surface area contributed by atoms with Crippen molar-refractivity contribution in [3.05, 3.63) is 50.1 Å². The summed E-state index contributed by atoms with van der Waals surface area (Å²) in [6, 6.07) is 6.65. The highest BCUT2D eigenvalue weighted by molar-refractivity contribution is 8.76. The van der Waals surface area contributed by atoms with Crippen LogP contribution in [0, 0.1) is 20.2 Å². The first-order chi connectivity index (χ1) is 10.9. The molecular formula is C11H12N2O8S2. The molecule has 0 aromatic heterocycles. The summed E-state index contributed by atoms with van der Waals surface area (Å²) in [5, 5.41) is 18.4. The number of ether oxygens (including phenoxy) is 1. The van der Waals surface area contributed by atoms with E-state index in [-0.39, 0.29) is 5.75 Å². The van der Waals surface area contributed by atoms with E-state index in [1.807, 2.05) is 0 Å². The Balaban J connectivity index is 2.60. The number of methoxy groups -OCH3 is 1. The van der Waals surface area contributed by atoms with Crippen molar-refractivity contribution in [1.82, 2.24) is 0 Å². The summed E-state index contributed by atoms with van der Waals surface area (Å²) in [6.45, 7) is -0.569. The highest BCUT2D eigenvalue weighted by atomic mass is 33.1. The Morgan fingerprint density at radius 3 is 2.57 bits per heavy atom. The van der Waals surface area contributed by atoms with Gasteiger partial charge in [0.05, 0.1) is 12.7 Å². The van der Waals surface area contributed by atoms with Gasteiger partial charge in [-0.05, 0) is 12.1 Å². The highest BCUT2D eigenvalue weighted by Gasteiger charge is 2.17. The average molecular weight is 364 g/mol. The Morgan fingerprint density at radius 2 is 1.96 bits per heavy atom. The first-order valence-electron chi connectivity index (χ1n) is 5.99. The fourth-order valence-electron chi connectivity index (χ4n) is 1.37. The molecule has 0 N–H and O–H groups in total. The fourth-order valence-corrected chi connectivity index (χ4v) is 3.72. The molecule has 0 radical (unpaired) electrons. The number of benzene rings is 1. The molecule has 0 aliphatic rings. The summed E-state index contributed by atoms with van der Waals surface area (Å²) in [4.78, 5) is 41.1. The second-order valence-corrected chi connectivity index (χ2v) is 6.21. The largest absolute Gasteiger partial charge is 0.465 e. The maximum absolute atomic E-state index is 11.6. The first-order valence-corrected chi connectivity index (χ1v) is 8.31. The number of nitrogens with zero attached hydrogens (tertiary/aromatic N) is 2. The standard InChI is InChI=1S/C11H12N2O8S2/c1-19-11(14)9-4-2-3-5-10(9)23-22-7-8(21-13(17)18)6-20-12(15)16/h2-5,8H,6-7H2,1H3. The van der Waals surface area contributed by atoms with E-state index < -0.39 is 28.9 Å². The number of carbonyl (C=O) groups excluding carboxylic acids is 1. The van der Waals surface area contributed by atoms with E-state index in [0.29, 0.717) is 10.5 Å². The van der Waals surface area contributed by atoms with Crippen molar-refractivity contribution in [2.24, 2.45) is 0 Å². The van der Waals surface area contributed by atoms with Crippen LogP contribution in [0.1, 0.15) is 10.4 Å². The van der Waals surface area contributed by atoms with E-state index in [1.165, 1.54) is 17.9 Å². The van der Waals surface area contributed by atoms with Crippen molar-refractivity contribution in [1.29, 1.82) is 0 Å². The Bertz CT molecular complexity index is 571. The lowest BCUT2D eigenvalue weighted by atomic mass is 10.2. The molecule has 1 atom stereocenters. The zero-order chi connectivity index (χ0) is 17.2. The van der Waals surface area contributed by atoms with Gasteiger partial charge in [-0.2, -0.15) is 0 Å². The van der Waals surface area contributed by atoms with Crippen LogP contribution in [0.5, 0.6) is 0 Å². The van der Waals surface area contributed by atoms with Gasteiger partial charge >= 0.3 is 5.97 Å². The molecule has 0 heterocycles. The molecule has 1 aromatic rings. The molecule has 0 aliphatic heterocycles. The summed E-state index contributed by atoms with van der Waals surface area (Å²) >= 11 is 0. The fraction of sp³-hybridized carbons (Fsp3) is 0.364. The van der Waals surface area contributed by atoms with Crippen LogP contribution in [0.4, 0.5) is 0 Å². The molecule has 126 valence electrons. The van der Waals surface area contributed by atoms with Crippen LogP contribution < -0.4 is 0 Å². The minimum Gasteiger partial charge on any atom is -0.465 e. The summed E-state index contributed by atoms with van der Waals surface area (Å²) < 4.78 is 4.65. The lowest BCUT2D eigenvalue weighted by molar-refractivity contribution is -0.788. The smallest absolute Gasteiger partial charge is 0.339 e. The van der Waals surface area contributed by atoms with Crippen LogP contribution in [0.2, 0.25) is 0 Å². The summed E-state index contributed by atoms with van der Waals surface area (Å²) in [5.74, 6) is -0.474. The van der Waals surface area contributed by atoms with Gasteiger partial charge in [0, 0.05) is 10.6 Å². The van der Waals surface area contributed by atoms with Gasteiger partial charge < -0.3 is 14.4 Å². The zero-order valence-corrected chi connectivity index (χ0v) is 13.4. The average Bonchev–Trinajstić information content (AvgIpc) is 2.51. The van der Waals surface area contributed by atoms with E-state index in [9.17, 15) is 25.0 Å². The zero-order valence-electron chi connectivity index (χ0n) is 11.8. The highest BCUT2D eigenvalue weighted by Crippen LogP contribution is 2.34. The maximum atomic E-state index is 11.6. The predicted octanol–water partition coefficient (Wildman–Crippen LogP) is 2.00. The molecule has 10 nitrogen and oxygen atoms in total. The lowest BCUT2D eigenvalue weighted by Gasteiger charge is -2.13. The quantitative estimate of drug-likeness (QED) is 0.263. The van der Waals surface area contributed by atoms with Crippen LogP contribution in [0.25, 0.3) is 0 Å². The third-order valence-corrected chi connectivity index (χ3v) is 4.76. The van der Waals surface area contributed by atoms with Crippen molar-refractivity contribution in [3.63, 3.8) is 0 Å². The molecule has 1 unspecified atom stereocenters. The Labute approximate surface area is 138 Å². The van der Waals surface area contributed by atoms with E-state index in [4.69, 9.17) is 0 Å². The van der Waals surface area contributed by atoms with Gasteiger partial charge in [-0.3, -0.25) is 0 Å². The second kappa shape index (κ2) is 9.74. The minimum absolute atomic E-state index is 0.0367. The van der Waals surface area contributed by atoms with Crippen molar-refractivity contribution in [2.45, 2.75) is 11.0 Å². The molecule has 12 heteroatoms. The maximum Gasteiger partial charge on any atom is 0.339 e. The van der Waals surface area contributed by atoms with Crippen LogP contribution in [-0.2, 0) is 14.4 Å². The Morgan fingerprint density at radius 1 is 1.26 bits per heavy atom. The monoisotopic (exact) mass is 364 g/mol. The van der Waals surface area contributed by atoms with Crippen molar-refractivity contribution in [3.8, 4) is 0 Å². The van der Waals surface area contributed by atoms with E-state index >= 15 is 0 Å². The van der Waals surface area contributed by atoms with Crippen molar-refractivity contribution >= 4 is 27.6 Å². The summed E-state index contributed by atoms with van der Waals surface area (Å²) in [6.07, 6.45) is -1.11. The number of hydrogen-bond acceptors (Lipinski definition) is 10. The van der Waals surface area contributed by atoms with Crippen LogP contribution in [0.3, 0.4) is 0 Å². The van der Waals surface area contributed by atoms with Crippen LogP contribution in [-0.4, -0.2) is 41.7 Å². The predicted molar refractivity (Wildman–Crippen MR) is 80.9 cm³/mol. The van der Waals surface area contributed by atoms with Gasteiger partial charge in [-0.25, -0.2) is 4.79 Å². The van der Waals surface area contributed by atoms with Crippen molar-refractivity contribution < 1.29 is 29.4 Å². The molecule has 0 saturated carbocycles. The third kappa shape index (κ3) is 7.06. The van der Waals surface area contributed by atoms with E-state index in [0.717, 1.165) is 10.8 Å². The molecule has 0 spiro atoms. The minimum atomic E-state index is -1.11. The van der Waals surface area contributed by atoms with Gasteiger partial charge in [0.1, 0.15) is 12.7 Å². The molecule has 0 aliphatic carbocycles.